The Hall–Kier alpha value is -1.64. The zero-order chi connectivity index (χ0) is 11.3. The quantitative estimate of drug-likeness (QED) is 0.803. The van der Waals surface area contributed by atoms with E-state index in [2.05, 4.69) is 11.9 Å². The van der Waals surface area contributed by atoms with Crippen molar-refractivity contribution in [2.75, 3.05) is 14.2 Å². The fraction of sp³-hybridized carbons (Fsp3) is 0.333. The number of hydrogen-bond acceptors (Lipinski definition) is 3. The van der Waals surface area contributed by atoms with E-state index >= 15 is 0 Å². The highest BCUT2D eigenvalue weighted by Crippen LogP contribution is 2.27. The predicted molar refractivity (Wildman–Crippen MR) is 61.2 cm³/mol. The third-order valence-corrected chi connectivity index (χ3v) is 2.04. The Morgan fingerprint density at radius 2 is 1.93 bits per heavy atom. The van der Waals surface area contributed by atoms with Crippen molar-refractivity contribution in [2.24, 2.45) is 0 Å². The number of hydrogen-bond donors (Lipinski definition) is 1. The van der Waals surface area contributed by atoms with Crippen LogP contribution in [0.1, 0.15) is 12.5 Å². The third kappa shape index (κ3) is 3.20. The maximum absolute atomic E-state index is 5.21. The predicted octanol–water partition coefficient (Wildman–Crippen LogP) is 2.33. The second kappa shape index (κ2) is 5.29. The molecule has 0 saturated carbocycles. The van der Waals surface area contributed by atoms with Crippen LogP contribution in [0.25, 0.3) is 0 Å². The number of nitrogens with one attached hydrogen (secondary N) is 1. The molecule has 0 aliphatic carbocycles. The van der Waals surface area contributed by atoms with Crippen LogP contribution in [0.4, 0.5) is 0 Å². The van der Waals surface area contributed by atoms with Gasteiger partial charge in [0.05, 0.1) is 14.2 Å². The topological polar surface area (TPSA) is 30.5 Å². The van der Waals surface area contributed by atoms with Gasteiger partial charge >= 0.3 is 0 Å². The van der Waals surface area contributed by atoms with E-state index in [0.717, 1.165) is 29.3 Å². The van der Waals surface area contributed by atoms with Gasteiger partial charge in [-0.15, -0.1) is 0 Å². The summed E-state index contributed by atoms with van der Waals surface area (Å²) in [7, 11) is 3.26. The van der Waals surface area contributed by atoms with Gasteiger partial charge in [0.15, 0.2) is 11.5 Å². The summed E-state index contributed by atoms with van der Waals surface area (Å²) >= 11 is 0. The first-order chi connectivity index (χ1) is 7.17. The summed E-state index contributed by atoms with van der Waals surface area (Å²) < 4.78 is 10.4. The van der Waals surface area contributed by atoms with Gasteiger partial charge in [-0.25, -0.2) is 0 Å². The molecule has 1 aromatic carbocycles. The summed E-state index contributed by atoms with van der Waals surface area (Å²) in [5, 5.41) is 3.16. The molecule has 0 radical (unpaired) electrons. The van der Waals surface area contributed by atoms with Crippen molar-refractivity contribution in [3.8, 4) is 11.5 Å². The van der Waals surface area contributed by atoms with Crippen LogP contribution in [0.15, 0.2) is 30.5 Å². The molecule has 1 aromatic rings. The number of rotatable bonds is 5. The minimum Gasteiger partial charge on any atom is -0.493 e. The molecule has 0 unspecified atom stereocenters. The van der Waals surface area contributed by atoms with E-state index in [9.17, 15) is 0 Å². The van der Waals surface area contributed by atoms with E-state index in [-0.39, 0.29) is 0 Å². The minimum absolute atomic E-state index is 0.746. The van der Waals surface area contributed by atoms with Crippen LogP contribution in [-0.2, 0) is 6.54 Å². The fourth-order valence-electron chi connectivity index (χ4n) is 1.24. The van der Waals surface area contributed by atoms with Crippen molar-refractivity contribution in [3.05, 3.63) is 36.0 Å². The molecule has 1 rings (SSSR count). The van der Waals surface area contributed by atoms with E-state index in [1.54, 1.807) is 14.2 Å². The van der Waals surface area contributed by atoms with Gasteiger partial charge in [-0.3, -0.25) is 0 Å². The maximum atomic E-state index is 5.21. The number of methoxy groups -OCH3 is 2. The molecule has 0 atom stereocenters. The molecule has 3 nitrogen and oxygen atoms in total. The molecule has 82 valence electrons. The molecule has 0 saturated heterocycles. The Kier molecular flexibility index (Phi) is 4.03. The Balaban J connectivity index is 2.78. The van der Waals surface area contributed by atoms with Gasteiger partial charge in [-0.05, 0) is 24.6 Å². The van der Waals surface area contributed by atoms with Crippen LogP contribution < -0.4 is 14.8 Å². The zero-order valence-electron chi connectivity index (χ0n) is 9.46. The van der Waals surface area contributed by atoms with Gasteiger partial charge in [-0.2, -0.15) is 0 Å². The molecular formula is C12H17NO2. The summed E-state index contributed by atoms with van der Waals surface area (Å²) in [6, 6.07) is 5.85. The van der Waals surface area contributed by atoms with Crippen molar-refractivity contribution in [2.45, 2.75) is 13.5 Å². The van der Waals surface area contributed by atoms with Gasteiger partial charge in [0, 0.05) is 12.2 Å². The molecule has 0 amide bonds. The molecule has 0 aromatic heterocycles. The highest BCUT2D eigenvalue weighted by molar-refractivity contribution is 5.42. The van der Waals surface area contributed by atoms with Crippen molar-refractivity contribution >= 4 is 0 Å². The van der Waals surface area contributed by atoms with Gasteiger partial charge in [0.2, 0.25) is 0 Å². The molecule has 1 N–H and O–H groups in total. The van der Waals surface area contributed by atoms with Gasteiger partial charge in [0.1, 0.15) is 0 Å². The molecule has 0 fully saturated rings. The van der Waals surface area contributed by atoms with E-state index in [1.807, 2.05) is 25.1 Å². The Morgan fingerprint density at radius 1 is 1.27 bits per heavy atom. The second-order valence-corrected chi connectivity index (χ2v) is 3.32. The highest BCUT2D eigenvalue weighted by atomic mass is 16.5. The molecular weight excluding hydrogens is 190 g/mol. The lowest BCUT2D eigenvalue weighted by Crippen LogP contribution is -2.09. The van der Waals surface area contributed by atoms with Crippen molar-refractivity contribution in [1.82, 2.24) is 5.32 Å². The highest BCUT2D eigenvalue weighted by Gasteiger charge is 2.03. The summed E-state index contributed by atoms with van der Waals surface area (Å²) in [4.78, 5) is 0. The minimum atomic E-state index is 0.746. The maximum Gasteiger partial charge on any atom is 0.161 e. The summed E-state index contributed by atoms with van der Waals surface area (Å²) in [6.45, 7) is 6.46. The molecule has 0 aliphatic heterocycles. The van der Waals surface area contributed by atoms with Gasteiger partial charge < -0.3 is 14.8 Å². The van der Waals surface area contributed by atoms with Crippen molar-refractivity contribution in [1.29, 1.82) is 0 Å². The Labute approximate surface area is 90.7 Å². The number of allylic oxidation sites excluding steroid dienone is 1. The van der Waals surface area contributed by atoms with Crippen molar-refractivity contribution in [3.63, 3.8) is 0 Å². The smallest absolute Gasteiger partial charge is 0.161 e. The average Bonchev–Trinajstić information content (AvgIpc) is 2.25. The van der Waals surface area contributed by atoms with Crippen molar-refractivity contribution < 1.29 is 9.47 Å². The number of benzene rings is 1. The first-order valence-corrected chi connectivity index (χ1v) is 4.77. The summed E-state index contributed by atoms with van der Waals surface area (Å²) in [5.41, 5.74) is 2.08. The lowest BCUT2D eigenvalue weighted by Gasteiger charge is -2.10. The van der Waals surface area contributed by atoms with E-state index in [4.69, 9.17) is 9.47 Å². The van der Waals surface area contributed by atoms with Crippen LogP contribution in [-0.4, -0.2) is 14.2 Å². The Morgan fingerprint density at radius 3 is 2.47 bits per heavy atom. The zero-order valence-corrected chi connectivity index (χ0v) is 9.46. The number of ether oxygens (including phenoxy) is 2. The molecule has 0 spiro atoms. The SMILES string of the molecule is C=C(C)NCc1ccc(OC)c(OC)c1. The monoisotopic (exact) mass is 207 g/mol. The first kappa shape index (κ1) is 11.4. The molecule has 3 heteroatoms. The standard InChI is InChI=1S/C12H17NO2/c1-9(2)13-8-10-5-6-11(14-3)12(7-10)15-4/h5-7,13H,1,8H2,2-4H3. The molecule has 0 bridgehead atoms. The lowest BCUT2D eigenvalue weighted by atomic mass is 10.2. The largest absolute Gasteiger partial charge is 0.493 e. The third-order valence-electron chi connectivity index (χ3n) is 2.04. The van der Waals surface area contributed by atoms with Gasteiger partial charge in [-0.1, -0.05) is 12.6 Å². The normalized spacial score (nSPS) is 9.53. The van der Waals surface area contributed by atoms with Crippen LogP contribution in [0.5, 0.6) is 11.5 Å². The van der Waals surface area contributed by atoms with Gasteiger partial charge in [0.25, 0.3) is 0 Å². The van der Waals surface area contributed by atoms with Crippen LogP contribution >= 0.6 is 0 Å². The van der Waals surface area contributed by atoms with E-state index in [1.165, 1.54) is 0 Å². The molecule has 0 aliphatic rings. The fourth-order valence-corrected chi connectivity index (χ4v) is 1.24. The molecule has 15 heavy (non-hydrogen) atoms. The van der Waals surface area contributed by atoms with Crippen LogP contribution in [0.3, 0.4) is 0 Å². The summed E-state index contributed by atoms with van der Waals surface area (Å²) in [6.07, 6.45) is 0. The van der Waals surface area contributed by atoms with E-state index < -0.39 is 0 Å². The van der Waals surface area contributed by atoms with Crippen LogP contribution in [0, 0.1) is 0 Å². The average molecular weight is 207 g/mol. The Bertz CT molecular complexity index is 347. The second-order valence-electron chi connectivity index (χ2n) is 3.32. The lowest BCUT2D eigenvalue weighted by molar-refractivity contribution is 0.354. The molecule has 0 heterocycles. The van der Waals surface area contributed by atoms with E-state index in [0.29, 0.717) is 0 Å². The first-order valence-electron chi connectivity index (χ1n) is 4.77. The van der Waals surface area contributed by atoms with Crippen LogP contribution in [0.2, 0.25) is 0 Å². The summed E-state index contributed by atoms with van der Waals surface area (Å²) in [5.74, 6) is 1.50.